The van der Waals surface area contributed by atoms with Crippen molar-refractivity contribution in [2.75, 3.05) is 0 Å². The number of unbranched alkanes of at least 4 members (excludes halogenated alkanes) is 7. The van der Waals surface area contributed by atoms with Crippen LogP contribution in [0.2, 0.25) is 12.1 Å². The predicted molar refractivity (Wildman–Crippen MR) is 105 cm³/mol. The third kappa shape index (κ3) is 6.95. The van der Waals surface area contributed by atoms with Crippen LogP contribution in [-0.2, 0) is 6.54 Å². The number of rotatable bonds is 13. The largest absolute Gasteiger partial charge is 0.347 e. The number of aryl methyl sites for hydroxylation is 1. The lowest BCUT2D eigenvalue weighted by molar-refractivity contribution is 0.613. The number of hydrogen-bond donors (Lipinski definition) is 0. The van der Waals surface area contributed by atoms with Crippen molar-refractivity contribution in [1.82, 2.24) is 4.57 Å². The summed E-state index contributed by atoms with van der Waals surface area (Å²) in [5.41, 5.74) is 1.39. The van der Waals surface area contributed by atoms with Crippen LogP contribution in [0.3, 0.4) is 0 Å². The molecule has 2 aromatic rings. The predicted octanol–water partition coefficient (Wildman–Crippen LogP) is 6.71. The maximum Gasteiger partial charge on any atom is 0.0480 e. The van der Waals surface area contributed by atoms with Crippen LogP contribution in [0.25, 0.3) is 10.9 Å². The Bertz CT molecular complexity index is 531. The molecule has 1 aromatic heterocycles. The molecule has 2 radical (unpaired) electrons. The minimum Gasteiger partial charge on any atom is -0.347 e. The van der Waals surface area contributed by atoms with Gasteiger partial charge < -0.3 is 4.57 Å². The van der Waals surface area contributed by atoms with E-state index in [1.54, 1.807) is 0 Å². The van der Waals surface area contributed by atoms with Crippen molar-refractivity contribution < 1.29 is 0 Å². The van der Waals surface area contributed by atoms with Gasteiger partial charge in [0.2, 0.25) is 0 Å². The summed E-state index contributed by atoms with van der Waals surface area (Å²) < 4.78 is 2.41. The summed E-state index contributed by atoms with van der Waals surface area (Å²) in [6.07, 6.45) is 15.0. The summed E-state index contributed by atoms with van der Waals surface area (Å²) in [5.74, 6) is 0. The molecule has 1 heterocycles. The van der Waals surface area contributed by atoms with Gasteiger partial charge in [-0.15, -0.1) is 0 Å². The molecule has 0 atom stereocenters. The topological polar surface area (TPSA) is 4.93 Å². The quantitative estimate of drug-likeness (QED) is 0.284. The zero-order chi connectivity index (χ0) is 16.2. The second-order valence-electron chi connectivity index (χ2n) is 6.65. The van der Waals surface area contributed by atoms with Gasteiger partial charge in [-0.2, -0.15) is 0 Å². The Morgan fingerprint density at radius 3 is 2.30 bits per heavy atom. The molecular weight excluding hydrogens is 294 g/mol. The lowest BCUT2D eigenvalue weighted by Crippen LogP contribution is -1.96. The van der Waals surface area contributed by atoms with Gasteiger partial charge in [0.05, 0.1) is 0 Å². The lowest BCUT2D eigenvalue weighted by Gasteiger charge is -2.05. The highest BCUT2D eigenvalue weighted by Gasteiger charge is 1.99. The summed E-state index contributed by atoms with van der Waals surface area (Å²) in [7, 11) is 1.21. The normalized spacial score (nSPS) is 11.3. The van der Waals surface area contributed by atoms with E-state index in [1.807, 2.05) is 0 Å². The minimum atomic E-state index is 1.17. The minimum absolute atomic E-state index is 1.17. The Labute approximate surface area is 145 Å². The Morgan fingerprint density at radius 2 is 1.48 bits per heavy atom. The zero-order valence-electron chi connectivity index (χ0n) is 14.9. The lowest BCUT2D eigenvalue weighted by atomic mass is 10.1. The van der Waals surface area contributed by atoms with Crippen LogP contribution in [0.5, 0.6) is 0 Å². The Kier molecular flexibility index (Phi) is 9.16. The number of para-hydroxylation sites is 1. The van der Waals surface area contributed by atoms with Crippen LogP contribution >= 0.6 is 0 Å². The summed E-state index contributed by atoms with van der Waals surface area (Å²) in [5, 5.41) is 1.37. The molecule has 2 rings (SSSR count). The fraction of sp³-hybridized carbons (Fsp3) is 0.619. The Hall–Kier alpha value is -1.02. The molecule has 0 aliphatic heterocycles. The summed E-state index contributed by atoms with van der Waals surface area (Å²) in [6, 6.07) is 13.9. The van der Waals surface area contributed by atoms with Crippen LogP contribution in [0, 0.1) is 0 Å². The maximum absolute atomic E-state index is 2.41. The van der Waals surface area contributed by atoms with E-state index in [2.05, 4.69) is 48.0 Å². The highest BCUT2D eigenvalue weighted by Crippen LogP contribution is 2.16. The molecule has 0 unspecified atom stereocenters. The summed E-state index contributed by atoms with van der Waals surface area (Å²) >= 11 is 0. The smallest absolute Gasteiger partial charge is 0.0480 e. The van der Waals surface area contributed by atoms with Crippen molar-refractivity contribution in [2.45, 2.75) is 83.3 Å². The van der Waals surface area contributed by atoms with Gasteiger partial charge in [-0.25, -0.2) is 0 Å². The number of hydrogen-bond acceptors (Lipinski definition) is 0. The molecule has 0 saturated carbocycles. The highest BCUT2D eigenvalue weighted by atomic mass is 28.2. The molecule has 2 heteroatoms. The van der Waals surface area contributed by atoms with Gasteiger partial charge in [-0.05, 0) is 23.9 Å². The average molecular weight is 328 g/mol. The number of benzene rings is 1. The van der Waals surface area contributed by atoms with E-state index in [-0.39, 0.29) is 0 Å². The van der Waals surface area contributed by atoms with E-state index in [9.17, 15) is 0 Å². The average Bonchev–Trinajstić information content (AvgIpc) is 2.99. The molecule has 0 saturated heterocycles. The molecule has 1 nitrogen and oxygen atoms in total. The molecular formula is C21H33NSi. The van der Waals surface area contributed by atoms with Crippen molar-refractivity contribution in [3.8, 4) is 0 Å². The first-order chi connectivity index (χ1) is 11.4. The fourth-order valence-electron chi connectivity index (χ4n) is 3.20. The number of fused-ring (bicyclic) bond motifs is 1. The maximum atomic E-state index is 2.41. The van der Waals surface area contributed by atoms with Gasteiger partial charge in [0, 0.05) is 27.8 Å². The van der Waals surface area contributed by atoms with E-state index in [0.717, 1.165) is 0 Å². The standard InChI is InChI=1S/C21H33NSi/c1-2-3-4-5-6-11-18-23-19-12-7-10-16-22-17-15-20-13-8-9-14-21(20)22/h8-9,13-15,17H,2-7,10-12,16,18-19H2,1H3. The Balaban J connectivity index is 1.44. The van der Waals surface area contributed by atoms with E-state index < -0.39 is 0 Å². The van der Waals surface area contributed by atoms with Crippen molar-refractivity contribution in [1.29, 1.82) is 0 Å². The SMILES string of the molecule is CCCCCCCC[Si]CCCCCn1ccc2ccccc21. The monoisotopic (exact) mass is 327 g/mol. The van der Waals surface area contributed by atoms with Gasteiger partial charge >= 0.3 is 0 Å². The summed E-state index contributed by atoms with van der Waals surface area (Å²) in [4.78, 5) is 0. The van der Waals surface area contributed by atoms with Gasteiger partial charge in [-0.1, -0.05) is 88.6 Å². The molecule has 1 aromatic carbocycles. The third-order valence-electron chi connectivity index (χ3n) is 4.64. The zero-order valence-corrected chi connectivity index (χ0v) is 15.9. The van der Waals surface area contributed by atoms with Crippen molar-refractivity contribution in [3.63, 3.8) is 0 Å². The summed E-state index contributed by atoms with van der Waals surface area (Å²) in [6.45, 7) is 3.47. The molecule has 0 spiro atoms. The van der Waals surface area contributed by atoms with Crippen LogP contribution in [0.4, 0.5) is 0 Å². The van der Waals surface area contributed by atoms with Crippen LogP contribution in [0.15, 0.2) is 36.5 Å². The molecule has 23 heavy (non-hydrogen) atoms. The molecule has 0 aliphatic carbocycles. The molecule has 0 aliphatic rings. The van der Waals surface area contributed by atoms with E-state index in [0.29, 0.717) is 0 Å². The van der Waals surface area contributed by atoms with E-state index in [4.69, 9.17) is 0 Å². The first-order valence-corrected chi connectivity index (χ1v) is 11.1. The first-order valence-electron chi connectivity index (χ1n) is 9.66. The van der Waals surface area contributed by atoms with Gasteiger partial charge in [0.15, 0.2) is 0 Å². The van der Waals surface area contributed by atoms with E-state index >= 15 is 0 Å². The molecule has 0 N–H and O–H groups in total. The van der Waals surface area contributed by atoms with Gasteiger partial charge in [0.1, 0.15) is 0 Å². The second-order valence-corrected chi connectivity index (χ2v) is 8.15. The number of aromatic nitrogens is 1. The van der Waals surface area contributed by atoms with Crippen LogP contribution in [-0.4, -0.2) is 14.1 Å². The highest BCUT2D eigenvalue weighted by molar-refractivity contribution is 6.35. The first kappa shape index (κ1) is 18.3. The van der Waals surface area contributed by atoms with Crippen molar-refractivity contribution in [3.05, 3.63) is 36.5 Å². The van der Waals surface area contributed by atoms with Gasteiger partial charge in [-0.3, -0.25) is 0 Å². The number of nitrogens with zero attached hydrogens (tertiary/aromatic N) is 1. The molecule has 0 bridgehead atoms. The van der Waals surface area contributed by atoms with Crippen LogP contribution < -0.4 is 0 Å². The van der Waals surface area contributed by atoms with Crippen molar-refractivity contribution in [2.24, 2.45) is 0 Å². The molecule has 0 amide bonds. The molecule has 126 valence electrons. The second kappa shape index (κ2) is 11.5. The van der Waals surface area contributed by atoms with Crippen molar-refractivity contribution >= 4 is 20.4 Å². The van der Waals surface area contributed by atoms with Gasteiger partial charge in [0.25, 0.3) is 0 Å². The molecule has 0 fully saturated rings. The fourth-order valence-corrected chi connectivity index (χ4v) is 4.45. The third-order valence-corrected chi connectivity index (χ3v) is 6.05. The van der Waals surface area contributed by atoms with E-state index in [1.165, 1.54) is 96.8 Å². The van der Waals surface area contributed by atoms with Crippen LogP contribution in [0.1, 0.15) is 64.7 Å². The Morgan fingerprint density at radius 1 is 0.783 bits per heavy atom.